The predicted octanol–water partition coefficient (Wildman–Crippen LogP) is 0.578. The lowest BCUT2D eigenvalue weighted by atomic mass is 10.5. The first kappa shape index (κ1) is 11.4. The van der Waals surface area contributed by atoms with E-state index in [0.29, 0.717) is 4.47 Å². The maximum atomic E-state index is 11.2. The summed E-state index contributed by atoms with van der Waals surface area (Å²) in [6, 6.07) is 3.34. The topological polar surface area (TPSA) is 79.3 Å². The summed E-state index contributed by atoms with van der Waals surface area (Å²) in [7, 11) is -3.50. The van der Waals surface area contributed by atoms with E-state index in [1.165, 1.54) is 6.20 Å². The molecule has 1 aromatic heterocycles. The van der Waals surface area contributed by atoms with E-state index >= 15 is 0 Å². The summed E-state index contributed by atoms with van der Waals surface area (Å²) >= 11 is 3.15. The van der Waals surface area contributed by atoms with Gasteiger partial charge in [0.1, 0.15) is 0 Å². The zero-order valence-electron chi connectivity index (χ0n) is 7.14. The van der Waals surface area contributed by atoms with Crippen molar-refractivity contribution in [3.8, 4) is 0 Å². The van der Waals surface area contributed by atoms with Crippen LogP contribution in [0.2, 0.25) is 0 Å². The molecule has 7 heteroatoms. The second-order valence-electron chi connectivity index (χ2n) is 2.48. The Bertz CT molecular complexity index is 407. The van der Waals surface area contributed by atoms with Crippen LogP contribution in [0.1, 0.15) is 0 Å². The van der Waals surface area contributed by atoms with Crippen molar-refractivity contribution in [2.24, 2.45) is 0 Å². The standard InChI is InChI=1S/C7H9BrN2O3S/c8-6-2-1-3-9-7(6)10-14(12,13)5-4-11/h1-3,11H,4-5H2,(H,9,10). The van der Waals surface area contributed by atoms with E-state index in [4.69, 9.17) is 5.11 Å². The third kappa shape index (κ3) is 3.24. The number of aliphatic hydroxyl groups is 1. The number of nitrogens with zero attached hydrogens (tertiary/aromatic N) is 1. The number of aliphatic hydroxyl groups excluding tert-OH is 1. The Morgan fingerprint density at radius 3 is 2.86 bits per heavy atom. The van der Waals surface area contributed by atoms with Gasteiger partial charge in [-0.3, -0.25) is 4.72 Å². The lowest BCUT2D eigenvalue weighted by Crippen LogP contribution is -2.19. The molecule has 1 rings (SSSR count). The van der Waals surface area contributed by atoms with Gasteiger partial charge in [0.2, 0.25) is 10.0 Å². The molecule has 0 fully saturated rings. The highest BCUT2D eigenvalue weighted by atomic mass is 79.9. The molecule has 0 radical (unpaired) electrons. The number of sulfonamides is 1. The van der Waals surface area contributed by atoms with Gasteiger partial charge in [-0.2, -0.15) is 0 Å². The molecule has 0 aliphatic rings. The minimum atomic E-state index is -3.50. The van der Waals surface area contributed by atoms with E-state index in [1.807, 2.05) is 0 Å². The largest absolute Gasteiger partial charge is 0.395 e. The maximum Gasteiger partial charge on any atom is 0.236 e. The molecule has 0 aliphatic heterocycles. The molecular formula is C7H9BrN2O3S. The highest BCUT2D eigenvalue weighted by molar-refractivity contribution is 9.10. The van der Waals surface area contributed by atoms with Crippen LogP contribution in [0.5, 0.6) is 0 Å². The molecule has 14 heavy (non-hydrogen) atoms. The third-order valence-electron chi connectivity index (χ3n) is 1.37. The number of aromatic nitrogens is 1. The van der Waals surface area contributed by atoms with Gasteiger partial charge >= 0.3 is 0 Å². The van der Waals surface area contributed by atoms with Gasteiger partial charge in [-0.25, -0.2) is 13.4 Å². The molecule has 78 valence electrons. The maximum absolute atomic E-state index is 11.2. The molecule has 0 spiro atoms. The Morgan fingerprint density at radius 1 is 1.57 bits per heavy atom. The van der Waals surface area contributed by atoms with Crippen LogP contribution in [0.3, 0.4) is 0 Å². The average molecular weight is 281 g/mol. The second kappa shape index (κ2) is 4.72. The van der Waals surface area contributed by atoms with E-state index in [-0.39, 0.29) is 11.6 Å². The van der Waals surface area contributed by atoms with Crippen LogP contribution in [-0.4, -0.2) is 30.9 Å². The molecular weight excluding hydrogens is 272 g/mol. The van der Waals surface area contributed by atoms with Gasteiger partial charge in [-0.15, -0.1) is 0 Å². The van der Waals surface area contributed by atoms with Gasteiger partial charge in [0.05, 0.1) is 16.8 Å². The molecule has 0 aromatic carbocycles. The molecule has 0 atom stereocenters. The van der Waals surface area contributed by atoms with Crippen LogP contribution in [0, 0.1) is 0 Å². The van der Waals surface area contributed by atoms with E-state index < -0.39 is 16.6 Å². The smallest absolute Gasteiger partial charge is 0.236 e. The van der Waals surface area contributed by atoms with Gasteiger partial charge in [-0.05, 0) is 28.1 Å². The van der Waals surface area contributed by atoms with Crippen molar-refractivity contribution in [2.45, 2.75) is 0 Å². The Hall–Kier alpha value is -0.660. The third-order valence-corrected chi connectivity index (χ3v) is 3.23. The van der Waals surface area contributed by atoms with Crippen molar-refractivity contribution in [3.05, 3.63) is 22.8 Å². The van der Waals surface area contributed by atoms with Crippen molar-refractivity contribution < 1.29 is 13.5 Å². The Balaban J connectivity index is 2.84. The molecule has 0 amide bonds. The molecule has 0 bridgehead atoms. The van der Waals surface area contributed by atoms with E-state index in [0.717, 1.165) is 0 Å². The zero-order chi connectivity index (χ0) is 10.6. The van der Waals surface area contributed by atoms with Gasteiger partial charge in [0, 0.05) is 6.20 Å². The second-order valence-corrected chi connectivity index (χ2v) is 5.17. The zero-order valence-corrected chi connectivity index (χ0v) is 9.55. The summed E-state index contributed by atoms with van der Waals surface area (Å²) in [5, 5.41) is 8.50. The summed E-state index contributed by atoms with van der Waals surface area (Å²) in [5.41, 5.74) is 0. The number of nitrogens with one attached hydrogen (secondary N) is 1. The van der Waals surface area contributed by atoms with Crippen molar-refractivity contribution in [1.82, 2.24) is 4.98 Å². The quantitative estimate of drug-likeness (QED) is 0.846. The minimum absolute atomic E-state index is 0.223. The van der Waals surface area contributed by atoms with Crippen LogP contribution in [0.15, 0.2) is 22.8 Å². The number of hydrogen-bond donors (Lipinski definition) is 2. The SMILES string of the molecule is O=S(=O)(CCO)Nc1ncccc1Br. The number of anilines is 1. The van der Waals surface area contributed by atoms with Crippen LogP contribution in [0.25, 0.3) is 0 Å². The van der Waals surface area contributed by atoms with Crippen LogP contribution in [0.4, 0.5) is 5.82 Å². The highest BCUT2D eigenvalue weighted by Crippen LogP contribution is 2.19. The molecule has 0 aliphatic carbocycles. The Morgan fingerprint density at radius 2 is 2.29 bits per heavy atom. The molecule has 0 unspecified atom stereocenters. The molecule has 0 saturated heterocycles. The van der Waals surface area contributed by atoms with Crippen molar-refractivity contribution in [1.29, 1.82) is 0 Å². The fourth-order valence-electron chi connectivity index (χ4n) is 0.779. The average Bonchev–Trinajstić information content (AvgIpc) is 2.08. The summed E-state index contributed by atoms with van der Waals surface area (Å²) < 4.78 is 25.2. The van der Waals surface area contributed by atoms with Gasteiger partial charge in [0.15, 0.2) is 5.82 Å². The number of pyridine rings is 1. The Labute approximate surface area is 90.4 Å². The molecule has 1 aromatic rings. The number of rotatable bonds is 4. The summed E-state index contributed by atoms with van der Waals surface area (Å²) in [4.78, 5) is 3.83. The summed E-state index contributed by atoms with van der Waals surface area (Å²) in [5.74, 6) is -0.114. The first-order valence-electron chi connectivity index (χ1n) is 3.77. The number of halogens is 1. The summed E-state index contributed by atoms with van der Waals surface area (Å²) in [6.07, 6.45) is 1.47. The molecule has 0 saturated carbocycles. The first-order chi connectivity index (χ1) is 6.55. The highest BCUT2D eigenvalue weighted by Gasteiger charge is 2.11. The fraction of sp³-hybridized carbons (Fsp3) is 0.286. The molecule has 1 heterocycles. The van der Waals surface area contributed by atoms with Crippen molar-refractivity contribution in [3.63, 3.8) is 0 Å². The predicted molar refractivity (Wildman–Crippen MR) is 56.4 cm³/mol. The lowest BCUT2D eigenvalue weighted by molar-refractivity contribution is 0.320. The lowest BCUT2D eigenvalue weighted by Gasteiger charge is -2.06. The van der Waals surface area contributed by atoms with Crippen molar-refractivity contribution >= 4 is 31.8 Å². The van der Waals surface area contributed by atoms with E-state index in [1.54, 1.807) is 12.1 Å². The van der Waals surface area contributed by atoms with Crippen LogP contribution < -0.4 is 4.72 Å². The molecule has 2 N–H and O–H groups in total. The van der Waals surface area contributed by atoms with Crippen LogP contribution >= 0.6 is 15.9 Å². The Kier molecular flexibility index (Phi) is 3.85. The first-order valence-corrected chi connectivity index (χ1v) is 6.21. The minimum Gasteiger partial charge on any atom is -0.395 e. The number of hydrogen-bond acceptors (Lipinski definition) is 4. The normalized spacial score (nSPS) is 11.3. The summed E-state index contributed by atoms with van der Waals surface area (Å²) in [6.45, 7) is -0.417. The molecule has 5 nitrogen and oxygen atoms in total. The fourth-order valence-corrected chi connectivity index (χ4v) is 2.06. The van der Waals surface area contributed by atoms with E-state index in [2.05, 4.69) is 25.6 Å². The monoisotopic (exact) mass is 280 g/mol. The van der Waals surface area contributed by atoms with Gasteiger partial charge < -0.3 is 5.11 Å². The van der Waals surface area contributed by atoms with Gasteiger partial charge in [0.25, 0.3) is 0 Å². The van der Waals surface area contributed by atoms with Crippen LogP contribution in [-0.2, 0) is 10.0 Å². The van der Waals surface area contributed by atoms with Gasteiger partial charge in [-0.1, -0.05) is 0 Å². The van der Waals surface area contributed by atoms with Crippen molar-refractivity contribution in [2.75, 3.05) is 17.1 Å². The van der Waals surface area contributed by atoms with E-state index in [9.17, 15) is 8.42 Å².